The zero-order valence-corrected chi connectivity index (χ0v) is 10.7. The molecule has 3 amide bonds. The maximum absolute atomic E-state index is 13.8. The molecule has 18 heavy (non-hydrogen) atoms. The van der Waals surface area contributed by atoms with Crippen LogP contribution < -0.4 is 4.90 Å². The first kappa shape index (κ1) is 11.8. The molecule has 1 aromatic rings. The topological polar surface area (TPSA) is 40.6 Å². The van der Waals surface area contributed by atoms with Crippen LogP contribution in [0.25, 0.3) is 0 Å². The summed E-state index contributed by atoms with van der Waals surface area (Å²) in [6.07, 6.45) is 0. The van der Waals surface area contributed by atoms with Gasteiger partial charge >= 0.3 is 6.03 Å². The van der Waals surface area contributed by atoms with Crippen LogP contribution in [0, 0.1) is 5.82 Å². The van der Waals surface area contributed by atoms with Crippen LogP contribution in [-0.4, -0.2) is 34.5 Å². The maximum Gasteiger partial charge on any atom is 0.332 e. The molecule has 0 aliphatic carbocycles. The summed E-state index contributed by atoms with van der Waals surface area (Å²) >= 11 is 7.17. The summed E-state index contributed by atoms with van der Waals surface area (Å²) in [6, 6.07) is 2.98. The molecule has 1 unspecified atom stereocenters. The molecule has 0 N–H and O–H groups in total. The fourth-order valence-electron chi connectivity index (χ4n) is 2.09. The zero-order valence-electron chi connectivity index (χ0n) is 9.10. The zero-order chi connectivity index (χ0) is 12.9. The molecule has 0 saturated carbocycles. The minimum atomic E-state index is -0.668. The van der Waals surface area contributed by atoms with Crippen molar-refractivity contribution in [3.8, 4) is 0 Å². The van der Waals surface area contributed by atoms with E-state index in [1.54, 1.807) is 0 Å². The van der Waals surface area contributed by atoms with Crippen LogP contribution in [0.2, 0.25) is 5.02 Å². The van der Waals surface area contributed by atoms with Crippen molar-refractivity contribution in [2.75, 3.05) is 16.5 Å². The minimum absolute atomic E-state index is 0.0335. The average molecular weight is 287 g/mol. The quantitative estimate of drug-likeness (QED) is 0.744. The Morgan fingerprint density at radius 1 is 1.39 bits per heavy atom. The van der Waals surface area contributed by atoms with Gasteiger partial charge in [-0.15, -0.1) is 11.8 Å². The number of halogens is 2. The van der Waals surface area contributed by atoms with Gasteiger partial charge in [-0.3, -0.25) is 4.79 Å². The standard InChI is InChI=1S/C11H8ClFN2O2S/c12-6-1-2-8(7(13)3-6)15-10(16)9-4-18-5-14(9)11(15)17/h1-3,9H,4-5H2. The summed E-state index contributed by atoms with van der Waals surface area (Å²) in [4.78, 5) is 26.5. The normalized spacial score (nSPS) is 22.9. The number of carbonyl (C=O) groups is 2. The molecule has 0 radical (unpaired) electrons. The van der Waals surface area contributed by atoms with Gasteiger partial charge in [-0.2, -0.15) is 0 Å². The van der Waals surface area contributed by atoms with Crippen molar-refractivity contribution in [2.24, 2.45) is 0 Å². The lowest BCUT2D eigenvalue weighted by Crippen LogP contribution is -2.33. The van der Waals surface area contributed by atoms with E-state index in [9.17, 15) is 14.0 Å². The highest BCUT2D eigenvalue weighted by atomic mass is 35.5. The molecule has 2 heterocycles. The Hall–Kier alpha value is -1.27. The summed E-state index contributed by atoms with van der Waals surface area (Å²) in [5.74, 6) is 0.00119. The average Bonchev–Trinajstić information content (AvgIpc) is 2.87. The second-order valence-corrected chi connectivity index (χ2v) is 5.47. The second kappa shape index (κ2) is 4.13. The molecule has 2 aliphatic heterocycles. The molecular weight excluding hydrogens is 279 g/mol. The number of hydrogen-bond donors (Lipinski definition) is 0. The van der Waals surface area contributed by atoms with E-state index in [1.165, 1.54) is 28.8 Å². The van der Waals surface area contributed by atoms with Crippen molar-refractivity contribution in [3.05, 3.63) is 29.0 Å². The minimum Gasteiger partial charge on any atom is -0.302 e. The van der Waals surface area contributed by atoms with Gasteiger partial charge in [0.1, 0.15) is 11.9 Å². The predicted molar refractivity (Wildman–Crippen MR) is 67.2 cm³/mol. The van der Waals surface area contributed by atoms with Gasteiger partial charge in [-0.25, -0.2) is 14.1 Å². The molecule has 1 atom stereocenters. The number of benzene rings is 1. The van der Waals surface area contributed by atoms with Crippen molar-refractivity contribution in [3.63, 3.8) is 0 Å². The number of nitrogens with zero attached hydrogens (tertiary/aromatic N) is 2. The maximum atomic E-state index is 13.8. The molecule has 7 heteroatoms. The Morgan fingerprint density at radius 3 is 2.83 bits per heavy atom. The van der Waals surface area contributed by atoms with Gasteiger partial charge in [-0.05, 0) is 18.2 Å². The second-order valence-electron chi connectivity index (χ2n) is 4.04. The number of amides is 3. The molecule has 0 aromatic heterocycles. The third-order valence-corrected chi connectivity index (χ3v) is 4.22. The Bertz CT molecular complexity index is 532. The molecule has 3 rings (SSSR count). The van der Waals surface area contributed by atoms with Crippen molar-refractivity contribution in [2.45, 2.75) is 6.04 Å². The molecule has 1 aromatic carbocycles. The molecule has 4 nitrogen and oxygen atoms in total. The number of hydrogen-bond acceptors (Lipinski definition) is 3. The highest BCUT2D eigenvalue weighted by Gasteiger charge is 2.49. The number of imide groups is 1. The summed E-state index contributed by atoms with van der Waals surface area (Å²) in [7, 11) is 0. The van der Waals surface area contributed by atoms with E-state index in [4.69, 9.17) is 11.6 Å². The fraction of sp³-hybridized carbons (Fsp3) is 0.273. The summed E-state index contributed by atoms with van der Waals surface area (Å²) < 4.78 is 13.8. The Kier molecular flexibility index (Phi) is 2.71. The fourth-order valence-corrected chi connectivity index (χ4v) is 3.39. The lowest BCUT2D eigenvalue weighted by Gasteiger charge is -2.15. The molecule has 2 fully saturated rings. The number of fused-ring (bicyclic) bond motifs is 1. The molecule has 2 aliphatic rings. The molecular formula is C11H8ClFN2O2S. The summed E-state index contributed by atoms with van der Waals surface area (Å²) in [5, 5.41) is 0.228. The van der Waals surface area contributed by atoms with Gasteiger partial charge in [-0.1, -0.05) is 11.6 Å². The van der Waals surface area contributed by atoms with Crippen molar-refractivity contribution >= 4 is 41.0 Å². The van der Waals surface area contributed by atoms with E-state index >= 15 is 0 Å². The van der Waals surface area contributed by atoms with Gasteiger partial charge in [0.15, 0.2) is 0 Å². The third-order valence-electron chi connectivity index (χ3n) is 2.98. The molecule has 94 valence electrons. The molecule has 2 saturated heterocycles. The van der Waals surface area contributed by atoms with Gasteiger partial charge in [0.05, 0.1) is 11.6 Å². The Labute approximate surface area is 112 Å². The number of urea groups is 1. The van der Waals surface area contributed by atoms with Crippen molar-refractivity contribution in [1.82, 2.24) is 4.90 Å². The lowest BCUT2D eigenvalue weighted by atomic mass is 10.2. The van der Waals surface area contributed by atoms with Crippen LogP contribution in [0.15, 0.2) is 18.2 Å². The van der Waals surface area contributed by atoms with E-state index in [2.05, 4.69) is 0 Å². The van der Waals surface area contributed by atoms with Gasteiger partial charge in [0, 0.05) is 10.8 Å². The van der Waals surface area contributed by atoms with Gasteiger partial charge in [0.2, 0.25) is 0 Å². The van der Waals surface area contributed by atoms with Crippen LogP contribution in [0.4, 0.5) is 14.9 Å². The van der Waals surface area contributed by atoms with E-state index < -0.39 is 17.9 Å². The number of carbonyl (C=O) groups excluding carboxylic acids is 2. The summed E-state index contributed by atoms with van der Waals surface area (Å²) in [5.41, 5.74) is -0.0335. The van der Waals surface area contributed by atoms with Crippen LogP contribution in [0.3, 0.4) is 0 Å². The number of rotatable bonds is 1. The predicted octanol–water partition coefficient (Wildman–Crippen LogP) is 2.32. The lowest BCUT2D eigenvalue weighted by molar-refractivity contribution is -0.118. The van der Waals surface area contributed by atoms with Gasteiger partial charge in [0.25, 0.3) is 5.91 Å². The monoisotopic (exact) mass is 286 g/mol. The first-order valence-electron chi connectivity index (χ1n) is 5.27. The van der Waals surface area contributed by atoms with Crippen LogP contribution in [0.5, 0.6) is 0 Å². The van der Waals surface area contributed by atoms with Crippen LogP contribution in [-0.2, 0) is 4.79 Å². The number of anilines is 1. The van der Waals surface area contributed by atoms with E-state index in [1.807, 2.05) is 0 Å². The Balaban J connectivity index is 2.02. The van der Waals surface area contributed by atoms with Crippen molar-refractivity contribution in [1.29, 1.82) is 0 Å². The smallest absolute Gasteiger partial charge is 0.302 e. The number of thioether (sulfide) groups is 1. The van der Waals surface area contributed by atoms with E-state index in [0.717, 1.165) is 11.0 Å². The molecule has 0 bridgehead atoms. The first-order chi connectivity index (χ1) is 8.59. The highest BCUT2D eigenvalue weighted by molar-refractivity contribution is 7.99. The van der Waals surface area contributed by atoms with E-state index in [0.29, 0.717) is 11.6 Å². The Morgan fingerprint density at radius 2 is 2.17 bits per heavy atom. The van der Waals surface area contributed by atoms with Gasteiger partial charge < -0.3 is 4.90 Å². The molecule has 0 spiro atoms. The summed E-state index contributed by atoms with van der Waals surface area (Å²) in [6.45, 7) is 0. The third kappa shape index (κ3) is 1.59. The van der Waals surface area contributed by atoms with E-state index in [-0.39, 0.29) is 16.6 Å². The van der Waals surface area contributed by atoms with Crippen LogP contribution in [0.1, 0.15) is 0 Å². The van der Waals surface area contributed by atoms with Crippen molar-refractivity contribution < 1.29 is 14.0 Å². The van der Waals surface area contributed by atoms with Crippen LogP contribution >= 0.6 is 23.4 Å². The largest absolute Gasteiger partial charge is 0.332 e. The first-order valence-corrected chi connectivity index (χ1v) is 6.80. The SMILES string of the molecule is O=C1C2CSCN2C(=O)N1c1ccc(Cl)cc1F. The highest BCUT2D eigenvalue weighted by Crippen LogP contribution is 2.34.